The molecule has 0 bridgehead atoms. The lowest BCUT2D eigenvalue weighted by atomic mass is 10.2. The molecule has 0 fully saturated rings. The van der Waals surface area contributed by atoms with E-state index in [0.717, 1.165) is 0 Å². The Bertz CT molecular complexity index is 635. The van der Waals surface area contributed by atoms with E-state index in [4.69, 9.17) is 9.15 Å². The average molecular weight is 276 g/mol. The van der Waals surface area contributed by atoms with E-state index in [1.54, 1.807) is 6.92 Å². The van der Waals surface area contributed by atoms with Crippen LogP contribution in [0.4, 0.5) is 0 Å². The fourth-order valence-electron chi connectivity index (χ4n) is 1.52. The van der Waals surface area contributed by atoms with Gasteiger partial charge in [-0.1, -0.05) is 0 Å². The maximum atomic E-state index is 11.8. The van der Waals surface area contributed by atoms with Gasteiger partial charge in [-0.05, 0) is 19.1 Å². The predicted molar refractivity (Wildman–Crippen MR) is 65.9 cm³/mol. The second-order valence-electron chi connectivity index (χ2n) is 3.81. The molecule has 0 aliphatic heterocycles. The summed E-state index contributed by atoms with van der Waals surface area (Å²) in [4.78, 5) is 31.0. The third kappa shape index (κ3) is 3.00. The molecule has 0 N–H and O–H groups in total. The van der Waals surface area contributed by atoms with E-state index in [9.17, 15) is 9.59 Å². The Kier molecular flexibility index (Phi) is 4.09. The molecule has 0 aromatic carbocycles. The number of carbonyl (C=O) groups excluding carboxylic acids is 2. The molecular weight excluding hydrogens is 264 g/mol. The van der Waals surface area contributed by atoms with Crippen LogP contribution in [0.25, 0.3) is 0 Å². The van der Waals surface area contributed by atoms with Crippen molar-refractivity contribution in [2.24, 2.45) is 0 Å². The number of hydrogen-bond donors (Lipinski definition) is 0. The minimum atomic E-state index is -0.622. The quantitative estimate of drug-likeness (QED) is 0.782. The van der Waals surface area contributed by atoms with Gasteiger partial charge in [-0.25, -0.2) is 19.6 Å². The number of aromatic nitrogens is 2. The topological polar surface area (TPSA) is 91.5 Å². The Morgan fingerprint density at radius 1 is 1.30 bits per heavy atom. The van der Waals surface area contributed by atoms with Crippen molar-refractivity contribution in [3.05, 3.63) is 47.4 Å². The van der Waals surface area contributed by atoms with Gasteiger partial charge in [-0.2, -0.15) is 0 Å². The second-order valence-corrected chi connectivity index (χ2v) is 3.81. The highest BCUT2D eigenvalue weighted by Crippen LogP contribution is 2.13. The molecule has 7 nitrogen and oxygen atoms in total. The van der Waals surface area contributed by atoms with Gasteiger partial charge in [0.1, 0.15) is 11.4 Å². The van der Waals surface area contributed by atoms with E-state index in [2.05, 4.69) is 14.7 Å². The highest BCUT2D eigenvalue weighted by Gasteiger charge is 2.17. The van der Waals surface area contributed by atoms with Crippen molar-refractivity contribution in [2.45, 2.75) is 13.5 Å². The average Bonchev–Trinajstić information content (AvgIpc) is 2.92. The second kappa shape index (κ2) is 5.96. The Morgan fingerprint density at radius 3 is 2.80 bits per heavy atom. The van der Waals surface area contributed by atoms with Gasteiger partial charge in [0, 0.05) is 6.20 Å². The number of methoxy groups -OCH3 is 1. The normalized spacial score (nSPS) is 10.1. The molecule has 20 heavy (non-hydrogen) atoms. The Labute approximate surface area is 114 Å². The van der Waals surface area contributed by atoms with Gasteiger partial charge < -0.3 is 13.9 Å². The van der Waals surface area contributed by atoms with E-state index in [0.29, 0.717) is 5.82 Å². The Hall–Kier alpha value is -2.70. The summed E-state index contributed by atoms with van der Waals surface area (Å²) in [6.07, 6.45) is 2.79. The molecule has 0 atom stereocenters. The molecule has 2 heterocycles. The van der Waals surface area contributed by atoms with Gasteiger partial charge >= 0.3 is 11.9 Å². The van der Waals surface area contributed by atoms with E-state index < -0.39 is 11.9 Å². The fourth-order valence-corrected chi connectivity index (χ4v) is 1.52. The van der Waals surface area contributed by atoms with Crippen LogP contribution in [0.3, 0.4) is 0 Å². The van der Waals surface area contributed by atoms with Crippen molar-refractivity contribution in [1.82, 2.24) is 9.97 Å². The Morgan fingerprint density at radius 2 is 2.10 bits per heavy atom. The first-order valence-electron chi connectivity index (χ1n) is 5.73. The molecule has 0 amide bonds. The lowest BCUT2D eigenvalue weighted by Crippen LogP contribution is -2.10. The smallest absolute Gasteiger partial charge is 0.357 e. The van der Waals surface area contributed by atoms with Crippen LogP contribution < -0.4 is 0 Å². The first-order chi connectivity index (χ1) is 9.61. The summed E-state index contributed by atoms with van der Waals surface area (Å²) in [5.74, 6) is -0.492. The SMILES string of the molecule is COC(=O)c1ccoc1COC(=O)c1ccnc(C)n1. The van der Waals surface area contributed by atoms with Crippen LogP contribution in [0.5, 0.6) is 0 Å². The molecule has 2 aromatic heterocycles. The van der Waals surface area contributed by atoms with Crippen LogP contribution in [0.15, 0.2) is 29.0 Å². The molecule has 2 rings (SSSR count). The predicted octanol–water partition coefficient (Wildman–Crippen LogP) is 1.52. The Balaban J connectivity index is 2.04. The van der Waals surface area contributed by atoms with Gasteiger partial charge in [0.2, 0.25) is 0 Å². The zero-order chi connectivity index (χ0) is 14.5. The minimum absolute atomic E-state index is 0.142. The van der Waals surface area contributed by atoms with Crippen LogP contribution in [-0.2, 0) is 16.1 Å². The first-order valence-corrected chi connectivity index (χ1v) is 5.73. The van der Waals surface area contributed by atoms with Gasteiger partial charge in [-0.15, -0.1) is 0 Å². The maximum absolute atomic E-state index is 11.8. The molecule has 0 unspecified atom stereocenters. The monoisotopic (exact) mass is 276 g/mol. The molecule has 0 aliphatic rings. The number of aryl methyl sites for hydroxylation is 1. The summed E-state index contributed by atoms with van der Waals surface area (Å²) >= 11 is 0. The molecular formula is C13H12N2O5. The molecule has 0 saturated heterocycles. The number of nitrogens with zero attached hydrogens (tertiary/aromatic N) is 2. The summed E-state index contributed by atoms with van der Waals surface area (Å²) in [6.45, 7) is 1.48. The van der Waals surface area contributed by atoms with Crippen molar-refractivity contribution < 1.29 is 23.5 Å². The number of rotatable bonds is 4. The van der Waals surface area contributed by atoms with Gasteiger partial charge in [0.05, 0.1) is 13.4 Å². The van der Waals surface area contributed by atoms with Crippen molar-refractivity contribution in [1.29, 1.82) is 0 Å². The zero-order valence-corrected chi connectivity index (χ0v) is 11.0. The van der Waals surface area contributed by atoms with Gasteiger partial charge in [0.15, 0.2) is 18.1 Å². The lowest BCUT2D eigenvalue weighted by molar-refractivity contribution is 0.0425. The van der Waals surface area contributed by atoms with Crippen LogP contribution in [-0.4, -0.2) is 29.0 Å². The van der Waals surface area contributed by atoms with Crippen LogP contribution in [0.2, 0.25) is 0 Å². The van der Waals surface area contributed by atoms with Crippen LogP contribution in [0.1, 0.15) is 32.4 Å². The molecule has 0 radical (unpaired) electrons. The maximum Gasteiger partial charge on any atom is 0.357 e. The van der Waals surface area contributed by atoms with Crippen molar-refractivity contribution in [3.8, 4) is 0 Å². The highest BCUT2D eigenvalue weighted by atomic mass is 16.5. The van der Waals surface area contributed by atoms with Crippen LogP contribution in [0, 0.1) is 6.92 Å². The third-order valence-electron chi connectivity index (χ3n) is 2.47. The molecule has 104 valence electrons. The molecule has 7 heteroatoms. The number of carbonyl (C=O) groups is 2. The number of esters is 2. The fraction of sp³-hybridized carbons (Fsp3) is 0.231. The number of hydrogen-bond acceptors (Lipinski definition) is 7. The van der Waals surface area contributed by atoms with Crippen molar-refractivity contribution in [3.63, 3.8) is 0 Å². The van der Waals surface area contributed by atoms with Crippen molar-refractivity contribution in [2.75, 3.05) is 7.11 Å². The summed E-state index contributed by atoms with van der Waals surface area (Å²) in [6, 6.07) is 2.89. The van der Waals surface area contributed by atoms with Gasteiger partial charge in [-0.3, -0.25) is 0 Å². The summed E-state index contributed by atoms with van der Waals surface area (Å²) in [5.41, 5.74) is 0.364. The standard InChI is InChI=1S/C13H12N2O5/c1-8-14-5-3-10(15-8)13(17)20-7-11-9(4-6-19-11)12(16)18-2/h3-6H,7H2,1-2H3. The van der Waals surface area contributed by atoms with Crippen molar-refractivity contribution >= 4 is 11.9 Å². The van der Waals surface area contributed by atoms with E-state index >= 15 is 0 Å². The number of furan rings is 1. The van der Waals surface area contributed by atoms with E-state index in [1.165, 1.54) is 31.7 Å². The molecule has 0 saturated carbocycles. The summed E-state index contributed by atoms with van der Waals surface area (Å²) < 4.78 is 14.7. The molecule has 0 spiro atoms. The van der Waals surface area contributed by atoms with Gasteiger partial charge in [0.25, 0.3) is 0 Å². The zero-order valence-electron chi connectivity index (χ0n) is 11.0. The largest absolute Gasteiger partial charge is 0.465 e. The van der Waals surface area contributed by atoms with E-state index in [1.807, 2.05) is 0 Å². The van der Waals surface area contributed by atoms with E-state index in [-0.39, 0.29) is 23.6 Å². The highest BCUT2D eigenvalue weighted by molar-refractivity contribution is 5.90. The molecule has 2 aromatic rings. The minimum Gasteiger partial charge on any atom is -0.465 e. The summed E-state index contributed by atoms with van der Waals surface area (Å²) in [7, 11) is 1.26. The number of ether oxygens (including phenoxy) is 2. The summed E-state index contributed by atoms with van der Waals surface area (Å²) in [5, 5.41) is 0. The van der Waals surface area contributed by atoms with Crippen LogP contribution >= 0.6 is 0 Å². The molecule has 0 aliphatic carbocycles. The lowest BCUT2D eigenvalue weighted by Gasteiger charge is -2.04. The first kappa shape index (κ1) is 13.7. The third-order valence-corrected chi connectivity index (χ3v) is 2.47.